The summed E-state index contributed by atoms with van der Waals surface area (Å²) in [6.45, 7) is -0.331. The van der Waals surface area contributed by atoms with Gasteiger partial charge in [0.25, 0.3) is 11.8 Å². The van der Waals surface area contributed by atoms with Crippen LogP contribution < -0.4 is 24.8 Å². The molecule has 2 N–H and O–H groups in total. The van der Waals surface area contributed by atoms with E-state index in [1.54, 1.807) is 55.6 Å². The van der Waals surface area contributed by atoms with Crippen molar-refractivity contribution in [1.82, 2.24) is 0 Å². The first-order valence-electron chi connectivity index (χ1n) is 10.5. The summed E-state index contributed by atoms with van der Waals surface area (Å²) in [7, 11) is 2.96. The summed E-state index contributed by atoms with van der Waals surface area (Å²) in [6.07, 6.45) is 1.36. The van der Waals surface area contributed by atoms with Crippen molar-refractivity contribution >= 4 is 52.5 Å². The lowest BCUT2D eigenvalue weighted by Crippen LogP contribution is -2.20. The number of methoxy groups -OCH3 is 2. The first-order valence-corrected chi connectivity index (χ1v) is 11.2. The van der Waals surface area contributed by atoms with Crippen molar-refractivity contribution in [2.45, 2.75) is 0 Å². The van der Waals surface area contributed by atoms with Gasteiger partial charge in [0.15, 0.2) is 18.1 Å². The van der Waals surface area contributed by atoms with Crippen molar-refractivity contribution in [1.29, 1.82) is 5.26 Å². The summed E-state index contributed by atoms with van der Waals surface area (Å²) >= 11 is 12.3. The summed E-state index contributed by atoms with van der Waals surface area (Å²) in [6, 6.07) is 18.3. The number of halogens is 2. The number of carbonyl (C=O) groups excluding carboxylic acids is 2. The van der Waals surface area contributed by atoms with E-state index in [4.69, 9.17) is 37.4 Å². The highest BCUT2D eigenvalue weighted by Gasteiger charge is 2.16. The quantitative estimate of drug-likeness (QED) is 0.279. The van der Waals surface area contributed by atoms with Crippen LogP contribution in [0.4, 0.5) is 11.4 Å². The molecule has 0 bridgehead atoms. The SMILES string of the molecule is COc1ccc(NC(=O)COc2c(Cl)cc(/C=C(/C#N)C(=O)Nc3cccc(Cl)c3)cc2OC)cc1. The molecule has 0 aliphatic carbocycles. The number of nitriles is 1. The lowest BCUT2D eigenvalue weighted by atomic mass is 10.1. The van der Waals surface area contributed by atoms with Gasteiger partial charge >= 0.3 is 0 Å². The summed E-state index contributed by atoms with van der Waals surface area (Å²) in [5.74, 6) is -0.00451. The minimum absolute atomic E-state index is 0.130. The second-order valence-electron chi connectivity index (χ2n) is 7.23. The van der Waals surface area contributed by atoms with E-state index < -0.39 is 11.8 Å². The minimum Gasteiger partial charge on any atom is -0.497 e. The largest absolute Gasteiger partial charge is 0.497 e. The molecule has 184 valence electrons. The number of amides is 2. The zero-order valence-electron chi connectivity index (χ0n) is 19.3. The Morgan fingerprint density at radius 3 is 2.36 bits per heavy atom. The summed E-state index contributed by atoms with van der Waals surface area (Å²) < 4.78 is 16.0. The van der Waals surface area contributed by atoms with Gasteiger partial charge in [-0.3, -0.25) is 9.59 Å². The zero-order valence-corrected chi connectivity index (χ0v) is 20.8. The number of ether oxygens (including phenoxy) is 3. The molecule has 3 aromatic carbocycles. The third-order valence-electron chi connectivity index (χ3n) is 4.73. The molecule has 0 aliphatic heterocycles. The summed E-state index contributed by atoms with van der Waals surface area (Å²) in [5, 5.41) is 15.4. The minimum atomic E-state index is -0.620. The lowest BCUT2D eigenvalue weighted by molar-refractivity contribution is -0.118. The van der Waals surface area contributed by atoms with Gasteiger partial charge in [-0.25, -0.2) is 0 Å². The molecule has 0 atom stereocenters. The Bertz CT molecular complexity index is 1330. The average molecular weight is 526 g/mol. The van der Waals surface area contributed by atoms with E-state index in [-0.39, 0.29) is 28.7 Å². The van der Waals surface area contributed by atoms with Crippen molar-refractivity contribution < 1.29 is 23.8 Å². The first kappa shape index (κ1) is 26.4. The van der Waals surface area contributed by atoms with Crippen LogP contribution in [0.3, 0.4) is 0 Å². The van der Waals surface area contributed by atoms with E-state index in [0.717, 1.165) is 0 Å². The zero-order chi connectivity index (χ0) is 26.1. The van der Waals surface area contributed by atoms with Crippen LogP contribution in [0.2, 0.25) is 10.0 Å². The molecule has 0 radical (unpaired) electrons. The number of anilines is 2. The van der Waals surface area contributed by atoms with Gasteiger partial charge in [0.1, 0.15) is 17.4 Å². The predicted octanol–water partition coefficient (Wildman–Crippen LogP) is 5.57. The van der Waals surface area contributed by atoms with Gasteiger partial charge in [-0.2, -0.15) is 5.26 Å². The van der Waals surface area contributed by atoms with Crippen LogP contribution in [-0.4, -0.2) is 32.6 Å². The summed E-state index contributed by atoms with van der Waals surface area (Å²) in [4.78, 5) is 24.8. The fourth-order valence-electron chi connectivity index (χ4n) is 3.05. The lowest BCUT2D eigenvalue weighted by Gasteiger charge is -2.14. The Morgan fingerprint density at radius 2 is 1.72 bits per heavy atom. The molecule has 3 rings (SSSR count). The molecular weight excluding hydrogens is 505 g/mol. The van der Waals surface area contributed by atoms with E-state index >= 15 is 0 Å². The fourth-order valence-corrected chi connectivity index (χ4v) is 3.52. The van der Waals surface area contributed by atoms with Gasteiger partial charge in [-0.05, 0) is 66.2 Å². The van der Waals surface area contributed by atoms with Gasteiger partial charge in [-0.15, -0.1) is 0 Å². The molecule has 0 aliphatic rings. The molecule has 0 fully saturated rings. The second kappa shape index (κ2) is 12.5. The van der Waals surface area contributed by atoms with Crippen molar-refractivity contribution in [3.8, 4) is 23.3 Å². The molecule has 0 saturated heterocycles. The molecule has 0 aromatic heterocycles. The second-order valence-corrected chi connectivity index (χ2v) is 8.08. The maximum Gasteiger partial charge on any atom is 0.266 e. The van der Waals surface area contributed by atoms with E-state index in [1.165, 1.54) is 25.3 Å². The smallest absolute Gasteiger partial charge is 0.266 e. The van der Waals surface area contributed by atoms with Crippen LogP contribution in [0.1, 0.15) is 5.56 Å². The molecule has 2 amide bonds. The number of nitrogens with zero attached hydrogens (tertiary/aromatic N) is 1. The molecule has 10 heteroatoms. The third kappa shape index (κ3) is 7.15. The Hall–Kier alpha value is -4.19. The third-order valence-corrected chi connectivity index (χ3v) is 5.25. The van der Waals surface area contributed by atoms with Gasteiger partial charge in [0, 0.05) is 16.4 Å². The number of nitrogens with one attached hydrogen (secondary N) is 2. The Morgan fingerprint density at radius 1 is 0.972 bits per heavy atom. The molecule has 0 unspecified atom stereocenters. The van der Waals surface area contributed by atoms with E-state index in [1.807, 2.05) is 6.07 Å². The average Bonchev–Trinajstić information content (AvgIpc) is 2.86. The van der Waals surface area contributed by atoms with Gasteiger partial charge in [0.05, 0.1) is 19.2 Å². The van der Waals surface area contributed by atoms with Crippen LogP contribution in [0.15, 0.2) is 66.2 Å². The van der Waals surface area contributed by atoms with Crippen LogP contribution in [0.25, 0.3) is 6.08 Å². The summed E-state index contributed by atoms with van der Waals surface area (Å²) in [5.41, 5.74) is 1.27. The highest BCUT2D eigenvalue weighted by molar-refractivity contribution is 6.32. The number of benzene rings is 3. The Balaban J connectivity index is 1.72. The van der Waals surface area contributed by atoms with Crippen LogP contribution in [0.5, 0.6) is 17.2 Å². The monoisotopic (exact) mass is 525 g/mol. The van der Waals surface area contributed by atoms with E-state index in [9.17, 15) is 14.9 Å². The highest BCUT2D eigenvalue weighted by atomic mass is 35.5. The van der Waals surface area contributed by atoms with Crippen molar-refractivity contribution in [3.63, 3.8) is 0 Å². The van der Waals surface area contributed by atoms with Crippen LogP contribution in [0, 0.1) is 11.3 Å². The molecular formula is C26H21Cl2N3O5. The van der Waals surface area contributed by atoms with Gasteiger partial charge < -0.3 is 24.8 Å². The van der Waals surface area contributed by atoms with Crippen molar-refractivity contribution in [2.75, 3.05) is 31.5 Å². The Kier molecular flexibility index (Phi) is 9.17. The van der Waals surface area contributed by atoms with Crippen molar-refractivity contribution in [3.05, 3.63) is 81.8 Å². The van der Waals surface area contributed by atoms with Gasteiger partial charge in [-0.1, -0.05) is 29.3 Å². The number of hydrogen-bond donors (Lipinski definition) is 2. The molecule has 3 aromatic rings. The topological polar surface area (TPSA) is 110 Å². The first-order chi connectivity index (χ1) is 17.3. The van der Waals surface area contributed by atoms with Gasteiger partial charge in [0.2, 0.25) is 0 Å². The highest BCUT2D eigenvalue weighted by Crippen LogP contribution is 2.37. The maximum absolute atomic E-state index is 12.5. The van der Waals surface area contributed by atoms with Crippen molar-refractivity contribution in [2.24, 2.45) is 0 Å². The normalized spacial score (nSPS) is 10.7. The number of hydrogen-bond acceptors (Lipinski definition) is 6. The molecule has 8 nitrogen and oxygen atoms in total. The van der Waals surface area contributed by atoms with E-state index in [2.05, 4.69) is 10.6 Å². The molecule has 0 heterocycles. The maximum atomic E-state index is 12.5. The standard InChI is InChI=1S/C26H21Cl2N3O5/c1-34-21-8-6-19(7-9-21)30-24(32)15-36-25-22(28)11-16(12-23(25)35-2)10-17(14-29)26(33)31-20-5-3-4-18(27)13-20/h3-13H,15H2,1-2H3,(H,30,32)(H,31,33)/b17-10-. The van der Waals surface area contributed by atoms with E-state index in [0.29, 0.717) is 27.7 Å². The number of rotatable bonds is 9. The molecule has 36 heavy (non-hydrogen) atoms. The number of carbonyl (C=O) groups is 2. The molecule has 0 saturated carbocycles. The van der Waals surface area contributed by atoms with Crippen LogP contribution >= 0.6 is 23.2 Å². The fraction of sp³-hybridized carbons (Fsp3) is 0.115. The molecule has 0 spiro atoms. The van der Waals surface area contributed by atoms with Crippen LogP contribution in [-0.2, 0) is 9.59 Å². The Labute approximate surface area is 218 Å². The predicted molar refractivity (Wildman–Crippen MR) is 139 cm³/mol.